The second-order valence-electron chi connectivity index (χ2n) is 13.1. The number of carbonyl (C=O) groups is 1. The number of halogens is 8. The third-order valence-corrected chi connectivity index (χ3v) is 9.80. The number of fused-ring (bicyclic) bond motifs is 2. The Labute approximate surface area is 317 Å². The van der Waals surface area contributed by atoms with Crippen LogP contribution in [0.25, 0.3) is 39.0 Å². The summed E-state index contributed by atoms with van der Waals surface area (Å²) in [4.78, 5) is 22.9. The van der Waals surface area contributed by atoms with Gasteiger partial charge in [0.15, 0.2) is 11.5 Å². The highest BCUT2D eigenvalue weighted by Crippen LogP contribution is 2.56. The minimum absolute atomic E-state index is 0.00980. The highest BCUT2D eigenvalue weighted by molar-refractivity contribution is 7.92. The molecule has 292 valence electrons. The minimum Gasteiger partial charge on any atom is -0.346 e. The van der Waals surface area contributed by atoms with Crippen LogP contribution in [0.5, 0.6) is 0 Å². The molecule has 1 atom stereocenters. The molecule has 7 rings (SSSR count). The Morgan fingerprint density at radius 2 is 1.70 bits per heavy atom. The number of amides is 1. The van der Waals surface area contributed by atoms with Crippen molar-refractivity contribution >= 4 is 49.8 Å². The molecule has 0 spiro atoms. The van der Waals surface area contributed by atoms with Crippen LogP contribution in [0.1, 0.15) is 34.3 Å². The maximum absolute atomic E-state index is 14.9. The van der Waals surface area contributed by atoms with Gasteiger partial charge in [-0.1, -0.05) is 30.3 Å². The number of imidazole rings is 1. The molecule has 0 bridgehead atoms. The molecule has 1 aliphatic rings. The van der Waals surface area contributed by atoms with Crippen LogP contribution in [0.2, 0.25) is 5.02 Å². The number of alkyl halides is 5. The van der Waals surface area contributed by atoms with E-state index in [1.165, 1.54) is 24.1 Å². The zero-order valence-electron chi connectivity index (χ0n) is 29.2. The number of hydrogen-bond acceptors (Lipinski definition) is 7. The first-order valence-electron chi connectivity index (χ1n) is 16.3. The molecule has 2 N–H and O–H groups in total. The van der Waals surface area contributed by atoms with E-state index in [-0.39, 0.29) is 55.4 Å². The number of anilines is 1. The number of allylic oxidation sites excluding steroid dienone is 1. The predicted molar refractivity (Wildman–Crippen MR) is 191 cm³/mol. The van der Waals surface area contributed by atoms with Crippen molar-refractivity contribution in [3.63, 3.8) is 0 Å². The highest BCUT2D eigenvalue weighted by atomic mass is 35.5. The molecule has 0 fully saturated rings. The van der Waals surface area contributed by atoms with Crippen molar-refractivity contribution in [3.05, 3.63) is 106 Å². The summed E-state index contributed by atoms with van der Waals surface area (Å²) < 4.78 is 130. The largest absolute Gasteiger partial charge is 0.435 e. The average Bonchev–Trinajstić information content (AvgIpc) is 3.78. The van der Waals surface area contributed by atoms with Crippen LogP contribution in [0, 0.1) is 11.6 Å². The number of benzene rings is 2. The third kappa shape index (κ3) is 6.97. The van der Waals surface area contributed by atoms with E-state index in [9.17, 15) is 43.9 Å². The summed E-state index contributed by atoms with van der Waals surface area (Å²) in [6.45, 7) is 1.94. The topological polar surface area (TPSA) is 142 Å². The van der Waals surface area contributed by atoms with Gasteiger partial charge in [0.05, 0.1) is 45.9 Å². The van der Waals surface area contributed by atoms with Gasteiger partial charge in [-0.3, -0.25) is 18.9 Å². The Hall–Kier alpha value is -5.76. The quantitative estimate of drug-likeness (QED) is 0.145. The summed E-state index contributed by atoms with van der Waals surface area (Å²) in [6.07, 6.45) is -1.48. The molecule has 2 aromatic carbocycles. The number of aryl methyl sites for hydroxylation is 2. The zero-order valence-corrected chi connectivity index (χ0v) is 30.8. The fourth-order valence-electron chi connectivity index (χ4n) is 6.67. The summed E-state index contributed by atoms with van der Waals surface area (Å²) >= 11 is 6.56. The van der Waals surface area contributed by atoms with Crippen LogP contribution < -0.4 is 10.0 Å². The summed E-state index contributed by atoms with van der Waals surface area (Å²) in [5.41, 5.74) is -3.27. The summed E-state index contributed by atoms with van der Waals surface area (Å²) in [7, 11) is -0.624. The van der Waals surface area contributed by atoms with Gasteiger partial charge in [0.2, 0.25) is 15.9 Å². The molecule has 0 aliphatic heterocycles. The van der Waals surface area contributed by atoms with E-state index in [1.54, 1.807) is 36.0 Å². The first-order valence-corrected chi connectivity index (χ1v) is 18.5. The number of nitrogens with one attached hydrogen (secondary N) is 2. The Balaban J connectivity index is 1.40. The Morgan fingerprint density at radius 1 is 1.02 bits per heavy atom. The smallest absolute Gasteiger partial charge is 0.346 e. The molecule has 56 heavy (non-hydrogen) atoms. The lowest BCUT2D eigenvalue weighted by atomic mass is 9.84. The fraction of sp³-hybridized carbons (Fsp3) is 0.229. The number of hydrogen-bond donors (Lipinski definition) is 2. The van der Waals surface area contributed by atoms with Crippen LogP contribution >= 0.6 is 11.6 Å². The van der Waals surface area contributed by atoms with E-state index >= 15 is 0 Å². The maximum atomic E-state index is 14.9. The lowest BCUT2D eigenvalue weighted by Gasteiger charge is -2.30. The van der Waals surface area contributed by atoms with Crippen LogP contribution in [-0.2, 0) is 54.0 Å². The average molecular weight is 822 g/mol. The summed E-state index contributed by atoms with van der Waals surface area (Å²) in [5.74, 6) is -7.05. The maximum Gasteiger partial charge on any atom is 0.435 e. The van der Waals surface area contributed by atoms with Gasteiger partial charge in [0.1, 0.15) is 29.6 Å². The van der Waals surface area contributed by atoms with E-state index in [0.29, 0.717) is 17.3 Å². The standard InChI is InChI=1S/C35H27ClF7N9O3S/c1-16-27-31(35(41,42)43)47-52(32(27)34(16,39)40)14-26(53)45-24(11-17-9-18(37)12-19(38)10-17)29-20(6-8-23(46-29)25-13-50(2)15-44-25)21-5-7-22(36)28-30(21)51(3)48-33(28)49-56(4,54)55/h5-10,12-13,15,24H,1,11,14H2,2-4H3,(H,45,53)(H,48,49). The summed E-state index contributed by atoms with van der Waals surface area (Å²) in [6, 6.07) is 7.45. The number of carbonyl (C=O) groups excluding carboxylic acids is 1. The van der Waals surface area contributed by atoms with Gasteiger partial charge in [-0.2, -0.15) is 32.1 Å². The Bertz CT molecular complexity index is 2700. The van der Waals surface area contributed by atoms with Crippen molar-refractivity contribution in [2.45, 2.75) is 31.1 Å². The van der Waals surface area contributed by atoms with Crippen LogP contribution in [0.3, 0.4) is 0 Å². The van der Waals surface area contributed by atoms with Gasteiger partial charge in [-0.05, 0) is 36.2 Å². The molecule has 21 heteroatoms. The molecule has 12 nitrogen and oxygen atoms in total. The lowest BCUT2D eigenvalue weighted by molar-refractivity contribution is -0.142. The normalized spacial score (nSPS) is 14.4. The van der Waals surface area contributed by atoms with Gasteiger partial charge < -0.3 is 9.88 Å². The lowest BCUT2D eigenvalue weighted by Crippen LogP contribution is -2.37. The van der Waals surface area contributed by atoms with Gasteiger partial charge in [-0.25, -0.2) is 27.2 Å². The van der Waals surface area contributed by atoms with Crippen molar-refractivity contribution in [2.24, 2.45) is 14.1 Å². The molecule has 1 amide bonds. The van der Waals surface area contributed by atoms with Crippen molar-refractivity contribution < 1.29 is 43.9 Å². The SMILES string of the molecule is C=C1c2c(C(F)(F)F)nn(CC(=O)NC(Cc3cc(F)cc(F)c3)c3nc(-c4cn(C)cn4)ccc3-c3ccc(Cl)c4c(NS(C)(=O)=O)nn(C)c34)c2C1(F)F. The Morgan fingerprint density at radius 3 is 2.32 bits per heavy atom. The van der Waals surface area contributed by atoms with Gasteiger partial charge >= 0.3 is 12.1 Å². The van der Waals surface area contributed by atoms with E-state index < -0.39 is 74.8 Å². The molecule has 1 aliphatic carbocycles. The van der Waals surface area contributed by atoms with Crippen LogP contribution in [0.4, 0.5) is 36.6 Å². The number of rotatable bonds is 10. The molecule has 6 aromatic rings. The third-order valence-electron chi connectivity index (χ3n) is 8.92. The number of sulfonamides is 1. The highest BCUT2D eigenvalue weighted by Gasteiger charge is 2.58. The van der Waals surface area contributed by atoms with Crippen molar-refractivity contribution in [1.29, 1.82) is 0 Å². The molecular weight excluding hydrogens is 795 g/mol. The fourth-order valence-corrected chi connectivity index (χ4v) is 7.41. The first-order chi connectivity index (χ1) is 26.1. The number of nitrogens with zero attached hydrogens (tertiary/aromatic N) is 7. The first kappa shape index (κ1) is 38.5. The van der Waals surface area contributed by atoms with E-state index in [0.717, 1.165) is 18.4 Å². The van der Waals surface area contributed by atoms with Crippen molar-refractivity contribution in [1.82, 2.24) is 39.4 Å². The molecule has 0 radical (unpaired) electrons. The predicted octanol–water partition coefficient (Wildman–Crippen LogP) is 6.77. The second kappa shape index (κ2) is 13.5. The van der Waals surface area contributed by atoms with Gasteiger partial charge in [0.25, 0.3) is 0 Å². The van der Waals surface area contributed by atoms with Crippen LogP contribution in [0.15, 0.2) is 61.6 Å². The van der Waals surface area contributed by atoms with Gasteiger partial charge in [-0.15, -0.1) is 0 Å². The molecule has 4 heterocycles. The van der Waals surface area contributed by atoms with Crippen LogP contribution in [-0.4, -0.2) is 54.7 Å². The zero-order chi connectivity index (χ0) is 40.6. The summed E-state index contributed by atoms with van der Waals surface area (Å²) in [5, 5.41) is 10.5. The Kier molecular flexibility index (Phi) is 9.26. The van der Waals surface area contributed by atoms with Crippen molar-refractivity contribution in [2.75, 3.05) is 11.0 Å². The molecule has 0 saturated heterocycles. The number of pyridine rings is 1. The van der Waals surface area contributed by atoms with E-state index in [4.69, 9.17) is 16.6 Å². The monoisotopic (exact) mass is 821 g/mol. The van der Waals surface area contributed by atoms with Gasteiger partial charge in [0, 0.05) is 48.6 Å². The van der Waals surface area contributed by atoms with Crippen molar-refractivity contribution in [3.8, 4) is 22.5 Å². The molecular formula is C35H27ClF7N9O3S. The number of aromatic nitrogens is 7. The molecule has 1 unspecified atom stereocenters. The second-order valence-corrected chi connectivity index (χ2v) is 15.3. The van der Waals surface area contributed by atoms with E-state index in [1.807, 2.05) is 0 Å². The van der Waals surface area contributed by atoms with E-state index in [2.05, 4.69) is 31.8 Å². The molecule has 4 aromatic heterocycles. The molecule has 0 saturated carbocycles. The minimum atomic E-state index is -5.15.